The van der Waals surface area contributed by atoms with Crippen molar-refractivity contribution in [1.29, 1.82) is 0 Å². The third kappa shape index (κ3) is 1.57. The number of hydrogen-bond acceptors (Lipinski definition) is 2. The summed E-state index contributed by atoms with van der Waals surface area (Å²) in [6, 6.07) is 0. The van der Waals surface area contributed by atoms with Crippen molar-refractivity contribution in [2.24, 2.45) is 22.2 Å². The van der Waals surface area contributed by atoms with Crippen LogP contribution < -0.4 is 0 Å². The van der Waals surface area contributed by atoms with Crippen molar-refractivity contribution >= 4 is 11.9 Å². The maximum absolute atomic E-state index is 11.7. The van der Waals surface area contributed by atoms with Gasteiger partial charge in [0.1, 0.15) is 0 Å². The number of rotatable bonds is 3. The zero-order chi connectivity index (χ0) is 13.2. The van der Waals surface area contributed by atoms with Crippen LogP contribution in [0.2, 0.25) is 0 Å². The summed E-state index contributed by atoms with van der Waals surface area (Å²) in [6.07, 6.45) is 5.14. The molecule has 18 heavy (non-hydrogen) atoms. The second-order valence-corrected chi connectivity index (χ2v) is 7.48. The second-order valence-electron chi connectivity index (χ2n) is 7.48. The Balaban J connectivity index is 2.00. The van der Waals surface area contributed by atoms with E-state index in [0.29, 0.717) is 12.3 Å². The summed E-state index contributed by atoms with van der Waals surface area (Å²) in [7, 11) is 0. The predicted molar refractivity (Wildman–Crippen MR) is 64.1 cm³/mol. The largest absolute Gasteiger partial charge is 0.481 e. The van der Waals surface area contributed by atoms with Crippen molar-refractivity contribution in [3.05, 3.63) is 0 Å². The molecule has 4 nitrogen and oxygen atoms in total. The van der Waals surface area contributed by atoms with Crippen LogP contribution in [0.3, 0.4) is 0 Å². The van der Waals surface area contributed by atoms with Gasteiger partial charge in [0.05, 0.1) is 11.8 Å². The average Bonchev–Trinajstić information content (AvgIpc) is 2.09. The van der Waals surface area contributed by atoms with Gasteiger partial charge in [-0.3, -0.25) is 9.59 Å². The van der Waals surface area contributed by atoms with E-state index in [9.17, 15) is 14.7 Å². The summed E-state index contributed by atoms with van der Waals surface area (Å²) >= 11 is 0. The number of carboxylic acids is 2. The Kier molecular flexibility index (Phi) is 2.19. The molecule has 0 saturated heterocycles. The predicted octanol–water partition coefficient (Wildman–Crippen LogP) is 2.52. The third-order valence-corrected chi connectivity index (χ3v) is 5.44. The maximum Gasteiger partial charge on any atom is 0.309 e. The van der Waals surface area contributed by atoms with Gasteiger partial charge >= 0.3 is 11.9 Å². The fourth-order valence-corrected chi connectivity index (χ4v) is 5.90. The Bertz CT molecular complexity index is 432. The van der Waals surface area contributed by atoms with Crippen LogP contribution in [0.4, 0.5) is 0 Å². The van der Waals surface area contributed by atoms with Crippen molar-refractivity contribution in [3.8, 4) is 0 Å². The zero-order valence-electron chi connectivity index (χ0n) is 10.7. The molecule has 4 aliphatic carbocycles. The summed E-state index contributed by atoms with van der Waals surface area (Å²) < 4.78 is 0. The lowest BCUT2D eigenvalue weighted by atomic mass is 9.39. The summed E-state index contributed by atoms with van der Waals surface area (Å²) in [6.45, 7) is 2.16. The highest BCUT2D eigenvalue weighted by molar-refractivity contribution is 5.76. The lowest BCUT2D eigenvalue weighted by molar-refractivity contribution is -0.192. The summed E-state index contributed by atoms with van der Waals surface area (Å²) in [5.41, 5.74) is -0.838. The van der Waals surface area contributed by atoms with E-state index in [4.69, 9.17) is 5.11 Å². The first-order valence-corrected chi connectivity index (χ1v) is 6.72. The van der Waals surface area contributed by atoms with Crippen LogP contribution in [0.15, 0.2) is 0 Å². The summed E-state index contributed by atoms with van der Waals surface area (Å²) in [4.78, 5) is 22.8. The number of aliphatic carboxylic acids is 2. The van der Waals surface area contributed by atoms with E-state index >= 15 is 0 Å². The van der Waals surface area contributed by atoms with Gasteiger partial charge < -0.3 is 10.2 Å². The molecule has 0 aromatic carbocycles. The Hall–Kier alpha value is -1.06. The lowest BCUT2D eigenvalue weighted by Gasteiger charge is -2.64. The molecule has 0 spiro atoms. The standard InChI is InChI=1S/C14H20O4/c1-12-2-9-3-13(6-12,5-10(15)16)8-14(4-9,7-12)11(17)18/h9H,2-8H2,1H3,(H,15,16)(H,17,18). The minimum absolute atomic E-state index is 0.0489. The van der Waals surface area contributed by atoms with Crippen LogP contribution in [-0.2, 0) is 9.59 Å². The van der Waals surface area contributed by atoms with Crippen LogP contribution in [0.1, 0.15) is 51.9 Å². The van der Waals surface area contributed by atoms with Crippen LogP contribution >= 0.6 is 0 Å². The summed E-state index contributed by atoms with van der Waals surface area (Å²) in [5, 5.41) is 18.7. The minimum atomic E-state index is -0.777. The molecule has 0 radical (unpaired) electrons. The molecule has 0 aromatic heterocycles. The second kappa shape index (κ2) is 3.28. The Morgan fingerprint density at radius 2 is 1.83 bits per heavy atom. The van der Waals surface area contributed by atoms with Crippen LogP contribution in [0.25, 0.3) is 0 Å². The molecule has 2 N–H and O–H groups in total. The molecule has 4 aliphatic rings. The topological polar surface area (TPSA) is 74.6 Å². The number of carboxylic acid groups (broad SMARTS) is 2. The van der Waals surface area contributed by atoms with E-state index in [2.05, 4.69) is 6.92 Å². The van der Waals surface area contributed by atoms with Gasteiger partial charge in [0.15, 0.2) is 0 Å². The molecule has 4 fully saturated rings. The van der Waals surface area contributed by atoms with E-state index in [-0.39, 0.29) is 17.3 Å². The molecule has 4 heteroatoms. The molecule has 0 aromatic rings. The van der Waals surface area contributed by atoms with Gasteiger partial charge in [-0.05, 0) is 55.3 Å². The quantitative estimate of drug-likeness (QED) is 0.809. The molecule has 4 bridgehead atoms. The van der Waals surface area contributed by atoms with Gasteiger partial charge in [0, 0.05) is 0 Å². The van der Waals surface area contributed by atoms with Crippen molar-refractivity contribution in [3.63, 3.8) is 0 Å². The molecule has 100 valence electrons. The van der Waals surface area contributed by atoms with Gasteiger partial charge in [-0.2, -0.15) is 0 Å². The molecule has 4 unspecified atom stereocenters. The van der Waals surface area contributed by atoms with Crippen LogP contribution in [0.5, 0.6) is 0 Å². The smallest absolute Gasteiger partial charge is 0.309 e. The van der Waals surface area contributed by atoms with Crippen molar-refractivity contribution in [2.75, 3.05) is 0 Å². The lowest BCUT2D eigenvalue weighted by Crippen LogP contribution is -2.58. The van der Waals surface area contributed by atoms with Crippen molar-refractivity contribution in [2.45, 2.75) is 51.9 Å². The zero-order valence-corrected chi connectivity index (χ0v) is 10.7. The first-order valence-electron chi connectivity index (χ1n) is 6.72. The fourth-order valence-electron chi connectivity index (χ4n) is 5.90. The van der Waals surface area contributed by atoms with E-state index in [1.807, 2.05) is 0 Å². The number of hydrogen-bond donors (Lipinski definition) is 2. The third-order valence-electron chi connectivity index (χ3n) is 5.44. The normalized spacial score (nSPS) is 49.3. The minimum Gasteiger partial charge on any atom is -0.481 e. The summed E-state index contributed by atoms with van der Waals surface area (Å²) in [5.74, 6) is -1.06. The Labute approximate surface area is 106 Å². The molecule has 4 saturated carbocycles. The van der Waals surface area contributed by atoms with Gasteiger partial charge in [-0.25, -0.2) is 0 Å². The molecular weight excluding hydrogens is 232 g/mol. The first-order chi connectivity index (χ1) is 8.27. The van der Waals surface area contributed by atoms with Gasteiger partial charge in [-0.1, -0.05) is 6.92 Å². The highest BCUT2D eigenvalue weighted by atomic mass is 16.4. The van der Waals surface area contributed by atoms with E-state index in [1.54, 1.807) is 0 Å². The molecule has 4 atom stereocenters. The SMILES string of the molecule is CC12CC3CC(CC(=O)O)(C1)CC(C(=O)O)(C3)C2. The molecule has 4 rings (SSSR count). The molecule has 0 aliphatic heterocycles. The highest BCUT2D eigenvalue weighted by Crippen LogP contribution is 2.70. The number of carbonyl (C=O) groups is 2. The maximum atomic E-state index is 11.7. The van der Waals surface area contributed by atoms with Crippen LogP contribution in [0, 0.1) is 22.2 Å². The monoisotopic (exact) mass is 252 g/mol. The fraction of sp³-hybridized carbons (Fsp3) is 0.857. The van der Waals surface area contributed by atoms with Gasteiger partial charge in [-0.15, -0.1) is 0 Å². The van der Waals surface area contributed by atoms with E-state index in [1.165, 1.54) is 0 Å². The highest BCUT2D eigenvalue weighted by Gasteiger charge is 2.64. The molecule has 0 heterocycles. The Morgan fingerprint density at radius 3 is 2.39 bits per heavy atom. The van der Waals surface area contributed by atoms with Crippen LogP contribution in [-0.4, -0.2) is 22.2 Å². The van der Waals surface area contributed by atoms with Crippen molar-refractivity contribution < 1.29 is 19.8 Å². The van der Waals surface area contributed by atoms with E-state index < -0.39 is 17.4 Å². The van der Waals surface area contributed by atoms with Crippen molar-refractivity contribution in [1.82, 2.24) is 0 Å². The molecular formula is C14H20O4. The van der Waals surface area contributed by atoms with Gasteiger partial charge in [0.25, 0.3) is 0 Å². The average molecular weight is 252 g/mol. The first kappa shape index (κ1) is 12.0. The van der Waals surface area contributed by atoms with E-state index in [0.717, 1.165) is 32.1 Å². The van der Waals surface area contributed by atoms with Gasteiger partial charge in [0.2, 0.25) is 0 Å². The Morgan fingerprint density at radius 1 is 1.11 bits per heavy atom. The molecule has 0 amide bonds.